The number of hydrogen-bond donors (Lipinski definition) is 3. The van der Waals surface area contributed by atoms with Gasteiger partial charge in [-0.25, -0.2) is 22.2 Å². The van der Waals surface area contributed by atoms with Crippen molar-refractivity contribution in [1.29, 1.82) is 0 Å². The number of fused-ring (bicyclic) bond motifs is 3. The molecular formula is C45H48F2N6O7S2. The first-order chi connectivity index (χ1) is 29.3. The number of benzene rings is 3. The molecule has 2 saturated carbocycles. The van der Waals surface area contributed by atoms with Gasteiger partial charge in [0.05, 0.1) is 23.4 Å². The van der Waals surface area contributed by atoms with Crippen LogP contribution in [0.15, 0.2) is 79.4 Å². The topological polar surface area (TPSA) is 169 Å². The minimum atomic E-state index is -3.94. The van der Waals surface area contributed by atoms with Gasteiger partial charge in [0.25, 0.3) is 5.91 Å². The van der Waals surface area contributed by atoms with Gasteiger partial charge in [-0.1, -0.05) is 26.8 Å². The Balaban J connectivity index is 1.15. The quantitative estimate of drug-likeness (QED) is 0.0977. The number of sulfonamides is 1. The second-order valence-electron chi connectivity index (χ2n) is 17.6. The molecule has 2 aliphatic carbocycles. The highest BCUT2D eigenvalue weighted by molar-refractivity contribution is 7.91. The van der Waals surface area contributed by atoms with Crippen molar-refractivity contribution in [2.75, 3.05) is 11.9 Å². The van der Waals surface area contributed by atoms with Crippen LogP contribution in [0.5, 0.6) is 11.6 Å². The Labute approximate surface area is 362 Å². The predicted octanol–water partition coefficient (Wildman–Crippen LogP) is 7.12. The lowest BCUT2D eigenvalue weighted by atomic mass is 9.85. The lowest BCUT2D eigenvalue weighted by Crippen LogP contribution is -2.58. The predicted molar refractivity (Wildman–Crippen MR) is 233 cm³/mol. The van der Waals surface area contributed by atoms with Crippen LogP contribution in [0.2, 0.25) is 0 Å². The normalized spacial score (nSPS) is 21.7. The molecule has 13 nitrogen and oxygen atoms in total. The van der Waals surface area contributed by atoms with E-state index in [1.165, 1.54) is 58.7 Å². The molecule has 3 fully saturated rings. The summed E-state index contributed by atoms with van der Waals surface area (Å²) in [5.74, 6) is -2.35. The molecule has 3 N–H and O–H groups in total. The molecule has 5 aromatic rings. The van der Waals surface area contributed by atoms with Crippen molar-refractivity contribution in [2.45, 2.75) is 95.4 Å². The third-order valence-corrected chi connectivity index (χ3v) is 14.3. The van der Waals surface area contributed by atoms with E-state index < -0.39 is 79.7 Å². The second kappa shape index (κ2) is 16.2. The number of hydrogen-bond acceptors (Lipinski definition) is 11. The van der Waals surface area contributed by atoms with Crippen LogP contribution in [0.1, 0.15) is 60.3 Å². The molecule has 8 rings (SSSR count). The number of nitrogens with one attached hydrogen (secondary N) is 3. The Bertz CT molecular complexity index is 2680. The fourth-order valence-electron chi connectivity index (χ4n) is 7.83. The molecule has 2 aromatic heterocycles. The second-order valence-corrected chi connectivity index (χ2v) is 20.6. The molecule has 0 bridgehead atoms. The number of carbonyl (C=O) groups excluding carboxylic acids is 3. The third kappa shape index (κ3) is 8.69. The molecular weight excluding hydrogens is 839 g/mol. The Morgan fingerprint density at radius 3 is 2.32 bits per heavy atom. The molecule has 1 aliphatic heterocycles. The minimum Gasteiger partial charge on any atom is -0.491 e. The first-order valence-electron chi connectivity index (χ1n) is 20.5. The summed E-state index contributed by atoms with van der Waals surface area (Å²) in [5, 5.41) is 5.95. The first-order valence-corrected chi connectivity index (χ1v) is 22.9. The van der Waals surface area contributed by atoms with E-state index in [0.29, 0.717) is 51.3 Å². The molecule has 0 unspecified atom stereocenters. The number of likely N-dealkylation sites (tertiary alicyclic amines) is 1. The van der Waals surface area contributed by atoms with Crippen molar-refractivity contribution < 1.29 is 41.1 Å². The number of aromatic nitrogens is 2. The largest absolute Gasteiger partial charge is 0.491 e. The average Bonchev–Trinajstić information content (AvgIpc) is 4.12. The minimum absolute atomic E-state index is 0.0383. The summed E-state index contributed by atoms with van der Waals surface area (Å²) in [5.41, 5.74) is -0.753. The van der Waals surface area contributed by atoms with Crippen LogP contribution in [0.25, 0.3) is 31.7 Å². The zero-order valence-electron chi connectivity index (χ0n) is 34.9. The van der Waals surface area contributed by atoms with Crippen LogP contribution in [0, 0.1) is 23.0 Å². The molecule has 17 heteroatoms. The maximum absolute atomic E-state index is 14.9. The summed E-state index contributed by atoms with van der Waals surface area (Å²) in [6.45, 7) is 13.1. The number of anilines is 1. The van der Waals surface area contributed by atoms with E-state index in [0.717, 1.165) is 4.70 Å². The van der Waals surface area contributed by atoms with Crippen LogP contribution in [0.4, 0.5) is 14.5 Å². The van der Waals surface area contributed by atoms with E-state index in [9.17, 15) is 31.6 Å². The third-order valence-electron chi connectivity index (χ3n) is 11.4. The van der Waals surface area contributed by atoms with Gasteiger partial charge in [0.15, 0.2) is 5.82 Å². The fraction of sp³-hybridized carbons (Fsp3) is 0.400. The summed E-state index contributed by atoms with van der Waals surface area (Å²) in [6, 6.07) is 15.1. The van der Waals surface area contributed by atoms with Crippen LogP contribution in [0.3, 0.4) is 0 Å². The molecule has 3 heterocycles. The molecule has 0 spiro atoms. The van der Waals surface area contributed by atoms with E-state index in [-0.39, 0.29) is 31.4 Å². The highest BCUT2D eigenvalue weighted by Gasteiger charge is 2.62. The van der Waals surface area contributed by atoms with Gasteiger partial charge >= 0.3 is 0 Å². The van der Waals surface area contributed by atoms with Crippen molar-refractivity contribution in [3.05, 3.63) is 91.0 Å². The van der Waals surface area contributed by atoms with Gasteiger partial charge in [-0.15, -0.1) is 17.9 Å². The highest BCUT2D eigenvalue weighted by Crippen LogP contribution is 2.46. The number of carbonyl (C=O) groups is 3. The van der Waals surface area contributed by atoms with Crippen LogP contribution in [-0.4, -0.2) is 82.6 Å². The first kappa shape index (κ1) is 43.0. The standard InChI is InChI=1S/C45H48F2N6O7S2/c1-7-26-22-45(26,43(56)52-62(57,58)32-17-18-32)51-40(54)34-21-31(23-53(34)42(55)38(44(4,5)6)48-29-13-10-27(46)11-14-29)60-41-37-36(33-20-28(47)12-19-35(33)61-37)49-39(50-41)25-8-15-30(16-9-25)59-24(2)3/h7-16,19-20,24,26,31-32,34,38,48H,1,17-18,21-23H2,2-6H3,(H,51,54)(H,52,56)/t26-,31-,34+,38-,45-/m1/s1. The van der Waals surface area contributed by atoms with Crippen molar-refractivity contribution in [3.8, 4) is 23.0 Å². The van der Waals surface area contributed by atoms with E-state index in [1.807, 2.05) is 46.8 Å². The number of ether oxygens (including phenoxy) is 2. The zero-order valence-corrected chi connectivity index (χ0v) is 36.5. The van der Waals surface area contributed by atoms with Gasteiger partial charge in [-0.05, 0) is 105 Å². The Kier molecular flexibility index (Phi) is 11.2. The Hall–Kier alpha value is -5.68. The van der Waals surface area contributed by atoms with E-state index in [4.69, 9.17) is 19.4 Å². The van der Waals surface area contributed by atoms with Crippen molar-refractivity contribution in [3.63, 3.8) is 0 Å². The van der Waals surface area contributed by atoms with E-state index in [2.05, 4.69) is 21.9 Å². The van der Waals surface area contributed by atoms with Gasteiger partial charge in [-0.2, -0.15) is 4.98 Å². The summed E-state index contributed by atoms with van der Waals surface area (Å²) in [4.78, 5) is 54.3. The van der Waals surface area contributed by atoms with Crippen molar-refractivity contribution >= 4 is 65.1 Å². The van der Waals surface area contributed by atoms with Crippen LogP contribution >= 0.6 is 11.3 Å². The molecule has 326 valence electrons. The highest BCUT2D eigenvalue weighted by atomic mass is 32.2. The van der Waals surface area contributed by atoms with E-state index >= 15 is 0 Å². The molecule has 0 radical (unpaired) electrons. The summed E-state index contributed by atoms with van der Waals surface area (Å²) in [6.07, 6.45) is 1.58. The number of rotatable bonds is 14. The van der Waals surface area contributed by atoms with Gasteiger partial charge in [0.1, 0.15) is 45.8 Å². The van der Waals surface area contributed by atoms with E-state index in [1.54, 1.807) is 18.2 Å². The SMILES string of the molecule is C=C[C@@H]1C[C@]1(NC(=O)[C@@H]1C[C@@H](Oc2nc(-c3ccc(OC(C)C)cc3)nc3c2sc2ccc(F)cc23)CN1C(=O)[C@@H](Nc1ccc(F)cc1)C(C)(C)C)C(=O)NS(=O)(=O)C1CC1. The number of nitrogens with zero attached hydrogens (tertiary/aromatic N) is 3. The van der Waals surface area contributed by atoms with Crippen molar-refractivity contribution in [1.82, 2.24) is 24.9 Å². The van der Waals surface area contributed by atoms with Crippen molar-refractivity contribution in [2.24, 2.45) is 11.3 Å². The monoisotopic (exact) mass is 886 g/mol. The Morgan fingerprint density at radius 2 is 1.69 bits per heavy atom. The smallest absolute Gasteiger partial charge is 0.259 e. The van der Waals surface area contributed by atoms with Crippen LogP contribution < -0.4 is 24.8 Å². The Morgan fingerprint density at radius 1 is 1.00 bits per heavy atom. The number of halogens is 2. The lowest BCUT2D eigenvalue weighted by molar-refractivity contribution is -0.141. The molecule has 1 saturated heterocycles. The molecule has 3 amide bonds. The zero-order chi connectivity index (χ0) is 44.3. The number of amides is 3. The molecule has 3 aromatic carbocycles. The summed E-state index contributed by atoms with van der Waals surface area (Å²) >= 11 is 1.31. The summed E-state index contributed by atoms with van der Waals surface area (Å²) < 4.78 is 70.3. The fourth-order valence-corrected chi connectivity index (χ4v) is 10.3. The summed E-state index contributed by atoms with van der Waals surface area (Å²) in [7, 11) is -3.94. The molecule has 5 atom stereocenters. The molecule has 62 heavy (non-hydrogen) atoms. The molecule has 3 aliphatic rings. The maximum Gasteiger partial charge on any atom is 0.259 e. The van der Waals surface area contributed by atoms with Crippen LogP contribution in [-0.2, 0) is 24.4 Å². The van der Waals surface area contributed by atoms with Gasteiger partial charge < -0.3 is 25.0 Å². The average molecular weight is 887 g/mol. The lowest BCUT2D eigenvalue weighted by Gasteiger charge is -2.36. The van der Waals surface area contributed by atoms with Gasteiger partial charge in [0, 0.05) is 33.7 Å². The maximum atomic E-state index is 14.9. The van der Waals surface area contributed by atoms with Gasteiger partial charge in [-0.3, -0.25) is 19.1 Å². The van der Waals surface area contributed by atoms with Gasteiger partial charge in [0.2, 0.25) is 27.7 Å². The number of thiophene rings is 1.